The van der Waals surface area contributed by atoms with Gasteiger partial charge in [-0.2, -0.15) is 0 Å². The number of nitrogens with one attached hydrogen (secondary N) is 1. The highest BCUT2D eigenvalue weighted by Crippen LogP contribution is 2.49. The van der Waals surface area contributed by atoms with Gasteiger partial charge in [-0.05, 0) is 55.2 Å². The summed E-state index contributed by atoms with van der Waals surface area (Å²) in [6, 6.07) is 11.3. The third kappa shape index (κ3) is 2.25. The molecule has 3 N–H and O–H groups in total. The standard InChI is InChI=1S/C16H17N3O/c1-11-6-9-18-14(10-11)19-15(20)16(7-8-16)12-2-4-13(17)5-3-12/h2-6,9-10H,7-8,17H2,1H3,(H,18,19,20). The summed E-state index contributed by atoms with van der Waals surface area (Å²) in [7, 11) is 0. The zero-order valence-corrected chi connectivity index (χ0v) is 11.4. The summed E-state index contributed by atoms with van der Waals surface area (Å²) in [5, 5.41) is 2.92. The monoisotopic (exact) mass is 267 g/mol. The molecule has 0 unspecified atom stereocenters. The Kier molecular flexibility index (Phi) is 2.93. The minimum absolute atomic E-state index is 0.0142. The molecule has 4 nitrogen and oxygen atoms in total. The Morgan fingerprint density at radius 1 is 1.25 bits per heavy atom. The molecule has 1 amide bonds. The molecule has 102 valence electrons. The van der Waals surface area contributed by atoms with Crippen molar-refractivity contribution in [1.29, 1.82) is 0 Å². The Hall–Kier alpha value is -2.36. The Labute approximate surface area is 118 Å². The van der Waals surface area contributed by atoms with Gasteiger partial charge in [-0.15, -0.1) is 0 Å². The van der Waals surface area contributed by atoms with E-state index in [2.05, 4.69) is 10.3 Å². The van der Waals surface area contributed by atoms with Gasteiger partial charge in [0.15, 0.2) is 0 Å². The zero-order valence-electron chi connectivity index (χ0n) is 11.4. The summed E-state index contributed by atoms with van der Waals surface area (Å²) in [6.45, 7) is 1.98. The first-order valence-electron chi connectivity index (χ1n) is 6.70. The molecule has 1 heterocycles. The van der Waals surface area contributed by atoms with Crippen molar-refractivity contribution in [1.82, 2.24) is 4.98 Å². The van der Waals surface area contributed by atoms with Crippen LogP contribution in [0.5, 0.6) is 0 Å². The second-order valence-electron chi connectivity index (χ2n) is 5.38. The van der Waals surface area contributed by atoms with Crippen molar-refractivity contribution in [2.24, 2.45) is 0 Å². The average molecular weight is 267 g/mol. The highest BCUT2D eigenvalue weighted by atomic mass is 16.2. The second-order valence-corrected chi connectivity index (χ2v) is 5.38. The summed E-state index contributed by atoms with van der Waals surface area (Å²) in [5.41, 5.74) is 8.11. The first kappa shape index (κ1) is 12.7. The smallest absolute Gasteiger partial charge is 0.236 e. The molecule has 1 fully saturated rings. The van der Waals surface area contributed by atoms with Gasteiger partial charge in [0.2, 0.25) is 5.91 Å². The van der Waals surface area contributed by atoms with E-state index in [4.69, 9.17) is 5.73 Å². The zero-order chi connectivity index (χ0) is 14.2. The molecule has 4 heteroatoms. The fourth-order valence-corrected chi connectivity index (χ4v) is 2.41. The highest BCUT2D eigenvalue weighted by Gasteiger charge is 2.51. The van der Waals surface area contributed by atoms with Crippen molar-refractivity contribution in [2.45, 2.75) is 25.2 Å². The molecule has 0 aliphatic heterocycles. The molecule has 3 rings (SSSR count). The summed E-state index contributed by atoms with van der Waals surface area (Å²) in [4.78, 5) is 16.7. The van der Waals surface area contributed by atoms with E-state index >= 15 is 0 Å². The lowest BCUT2D eigenvalue weighted by Gasteiger charge is -2.15. The van der Waals surface area contributed by atoms with Crippen LogP contribution in [0.2, 0.25) is 0 Å². The molecule has 2 aromatic rings. The summed E-state index contributed by atoms with van der Waals surface area (Å²) in [6.07, 6.45) is 3.44. The van der Waals surface area contributed by atoms with Gasteiger partial charge in [0.05, 0.1) is 5.41 Å². The number of rotatable bonds is 3. The lowest BCUT2D eigenvalue weighted by atomic mass is 9.95. The van der Waals surface area contributed by atoms with E-state index in [9.17, 15) is 4.79 Å². The Bertz CT molecular complexity index is 645. The van der Waals surface area contributed by atoms with Crippen molar-refractivity contribution in [3.8, 4) is 0 Å². The Balaban J connectivity index is 1.81. The predicted molar refractivity (Wildman–Crippen MR) is 79.4 cm³/mol. The maximum Gasteiger partial charge on any atom is 0.236 e. The molecule has 1 aliphatic carbocycles. The summed E-state index contributed by atoms with van der Waals surface area (Å²) < 4.78 is 0. The Morgan fingerprint density at radius 3 is 2.55 bits per heavy atom. The van der Waals surface area contributed by atoms with Gasteiger partial charge < -0.3 is 11.1 Å². The van der Waals surface area contributed by atoms with Gasteiger partial charge in [0.1, 0.15) is 5.82 Å². The molecule has 1 saturated carbocycles. The first-order valence-corrected chi connectivity index (χ1v) is 6.70. The van der Waals surface area contributed by atoms with Crippen LogP contribution in [0.4, 0.5) is 11.5 Å². The van der Waals surface area contributed by atoms with Gasteiger partial charge in [-0.25, -0.2) is 4.98 Å². The largest absolute Gasteiger partial charge is 0.399 e. The van der Waals surface area contributed by atoms with Crippen LogP contribution in [-0.2, 0) is 10.2 Å². The van der Waals surface area contributed by atoms with Crippen LogP contribution in [0.3, 0.4) is 0 Å². The van der Waals surface area contributed by atoms with Crippen LogP contribution in [0.15, 0.2) is 42.6 Å². The van der Waals surface area contributed by atoms with Gasteiger partial charge in [0.25, 0.3) is 0 Å². The average Bonchev–Trinajstić information content (AvgIpc) is 3.21. The molecule has 0 atom stereocenters. The number of pyridine rings is 1. The van der Waals surface area contributed by atoms with Crippen molar-refractivity contribution in [3.63, 3.8) is 0 Å². The number of aryl methyl sites for hydroxylation is 1. The van der Waals surface area contributed by atoms with Crippen molar-refractivity contribution >= 4 is 17.4 Å². The normalized spacial score (nSPS) is 15.7. The molecule has 0 bridgehead atoms. The molecule has 1 aromatic heterocycles. The van der Waals surface area contributed by atoms with Crippen molar-refractivity contribution < 1.29 is 4.79 Å². The molecule has 20 heavy (non-hydrogen) atoms. The molecular formula is C16H17N3O. The minimum atomic E-state index is -0.404. The summed E-state index contributed by atoms with van der Waals surface area (Å²) in [5.74, 6) is 0.622. The second kappa shape index (κ2) is 4.63. The molecule has 1 aromatic carbocycles. The number of nitrogens with zero attached hydrogens (tertiary/aromatic N) is 1. The van der Waals surface area contributed by atoms with Crippen molar-refractivity contribution in [2.75, 3.05) is 11.1 Å². The van der Waals surface area contributed by atoms with E-state index in [0.29, 0.717) is 11.5 Å². The number of benzene rings is 1. The van der Waals surface area contributed by atoms with Gasteiger partial charge in [0, 0.05) is 11.9 Å². The third-order valence-corrected chi connectivity index (χ3v) is 3.80. The molecular weight excluding hydrogens is 250 g/mol. The Morgan fingerprint density at radius 2 is 1.95 bits per heavy atom. The minimum Gasteiger partial charge on any atom is -0.399 e. The molecule has 0 radical (unpaired) electrons. The predicted octanol–water partition coefficient (Wildman–Crippen LogP) is 2.64. The maximum atomic E-state index is 12.5. The van der Waals surface area contributed by atoms with E-state index in [-0.39, 0.29) is 5.91 Å². The number of nitrogens with two attached hydrogens (primary N) is 1. The fraction of sp³-hybridized carbons (Fsp3) is 0.250. The number of anilines is 2. The quantitative estimate of drug-likeness (QED) is 0.840. The number of carbonyl (C=O) groups is 1. The van der Waals surface area contributed by atoms with E-state index < -0.39 is 5.41 Å². The van der Waals surface area contributed by atoms with Crippen LogP contribution in [-0.4, -0.2) is 10.9 Å². The number of amides is 1. The lowest BCUT2D eigenvalue weighted by molar-refractivity contribution is -0.118. The highest BCUT2D eigenvalue weighted by molar-refractivity contribution is 6.00. The van der Waals surface area contributed by atoms with Gasteiger partial charge in [-0.1, -0.05) is 12.1 Å². The lowest BCUT2D eigenvalue weighted by Crippen LogP contribution is -2.28. The molecule has 0 saturated heterocycles. The summed E-state index contributed by atoms with van der Waals surface area (Å²) >= 11 is 0. The third-order valence-electron chi connectivity index (χ3n) is 3.80. The van der Waals surface area contributed by atoms with E-state index in [1.165, 1.54) is 0 Å². The van der Waals surface area contributed by atoms with E-state index in [1.807, 2.05) is 43.3 Å². The molecule has 1 aliphatic rings. The van der Waals surface area contributed by atoms with E-state index in [1.54, 1.807) is 6.20 Å². The molecule has 0 spiro atoms. The van der Waals surface area contributed by atoms with Crippen LogP contribution >= 0.6 is 0 Å². The van der Waals surface area contributed by atoms with Crippen LogP contribution in [0.25, 0.3) is 0 Å². The maximum absolute atomic E-state index is 12.5. The number of nitrogen functional groups attached to an aromatic ring is 1. The van der Waals surface area contributed by atoms with E-state index in [0.717, 1.165) is 24.0 Å². The fourth-order valence-electron chi connectivity index (χ4n) is 2.41. The number of aromatic nitrogens is 1. The SMILES string of the molecule is Cc1ccnc(NC(=O)C2(c3ccc(N)cc3)CC2)c1. The van der Waals surface area contributed by atoms with Gasteiger partial charge >= 0.3 is 0 Å². The van der Waals surface area contributed by atoms with Crippen LogP contribution < -0.4 is 11.1 Å². The number of hydrogen-bond acceptors (Lipinski definition) is 3. The van der Waals surface area contributed by atoms with Crippen LogP contribution in [0, 0.1) is 6.92 Å². The number of hydrogen-bond donors (Lipinski definition) is 2. The van der Waals surface area contributed by atoms with Crippen LogP contribution in [0.1, 0.15) is 24.0 Å². The first-order chi connectivity index (χ1) is 9.60. The number of carbonyl (C=O) groups excluding carboxylic acids is 1. The topological polar surface area (TPSA) is 68.0 Å². The van der Waals surface area contributed by atoms with Gasteiger partial charge in [-0.3, -0.25) is 4.79 Å². The van der Waals surface area contributed by atoms with Crippen molar-refractivity contribution in [3.05, 3.63) is 53.7 Å².